The van der Waals surface area contributed by atoms with Crippen LogP contribution in [0.3, 0.4) is 0 Å². The first-order valence-corrected chi connectivity index (χ1v) is 6.30. The predicted molar refractivity (Wildman–Crippen MR) is 63.3 cm³/mol. The average molecular weight is 247 g/mol. The molecular weight excluding hydrogens is 228 g/mol. The van der Waals surface area contributed by atoms with Gasteiger partial charge in [-0.25, -0.2) is 0 Å². The molecule has 0 spiro atoms. The molecule has 1 rings (SSSR count). The molecular formula is C11H19ClN2O2. The summed E-state index contributed by atoms with van der Waals surface area (Å²) in [5.41, 5.74) is 0. The smallest absolute Gasteiger partial charge is 0.224 e. The zero-order valence-corrected chi connectivity index (χ0v) is 10.3. The Hall–Kier alpha value is -0.770. The molecule has 1 atom stereocenters. The first kappa shape index (κ1) is 13.3. The second-order valence-electron chi connectivity index (χ2n) is 4.29. The van der Waals surface area contributed by atoms with Gasteiger partial charge in [0, 0.05) is 30.8 Å². The van der Waals surface area contributed by atoms with E-state index in [1.165, 1.54) is 0 Å². The van der Waals surface area contributed by atoms with Gasteiger partial charge in [0.15, 0.2) is 0 Å². The number of nitrogens with one attached hydrogen (secondary N) is 2. The molecule has 0 aromatic heterocycles. The van der Waals surface area contributed by atoms with E-state index < -0.39 is 0 Å². The minimum absolute atomic E-state index is 0.0439. The van der Waals surface area contributed by atoms with Crippen LogP contribution >= 0.6 is 11.6 Å². The molecule has 4 nitrogen and oxygen atoms in total. The van der Waals surface area contributed by atoms with Gasteiger partial charge < -0.3 is 10.6 Å². The Bertz CT molecular complexity index is 254. The summed E-state index contributed by atoms with van der Waals surface area (Å²) < 4.78 is 0. The van der Waals surface area contributed by atoms with E-state index in [1.54, 1.807) is 6.92 Å². The highest BCUT2D eigenvalue weighted by Crippen LogP contribution is 2.18. The van der Waals surface area contributed by atoms with Gasteiger partial charge in [-0.05, 0) is 19.3 Å². The summed E-state index contributed by atoms with van der Waals surface area (Å²) in [4.78, 5) is 22.6. The number of carbonyl (C=O) groups excluding carboxylic acids is 2. The van der Waals surface area contributed by atoms with Gasteiger partial charge in [-0.3, -0.25) is 9.59 Å². The number of halogens is 1. The molecule has 0 radical (unpaired) electrons. The van der Waals surface area contributed by atoms with E-state index in [0.29, 0.717) is 31.3 Å². The van der Waals surface area contributed by atoms with Gasteiger partial charge in [-0.15, -0.1) is 11.6 Å². The van der Waals surface area contributed by atoms with Crippen LogP contribution in [0.5, 0.6) is 0 Å². The first-order valence-electron chi connectivity index (χ1n) is 5.76. The van der Waals surface area contributed by atoms with Crippen LogP contribution in [0, 0.1) is 5.92 Å². The lowest BCUT2D eigenvalue weighted by molar-refractivity contribution is -0.124. The average Bonchev–Trinajstić information content (AvgIpc) is 3.06. The maximum Gasteiger partial charge on any atom is 0.224 e. The van der Waals surface area contributed by atoms with Gasteiger partial charge in [0.25, 0.3) is 0 Å². The van der Waals surface area contributed by atoms with Crippen LogP contribution in [0.4, 0.5) is 0 Å². The highest BCUT2D eigenvalue weighted by atomic mass is 35.5. The van der Waals surface area contributed by atoms with Gasteiger partial charge >= 0.3 is 0 Å². The van der Waals surface area contributed by atoms with Crippen molar-refractivity contribution < 1.29 is 9.59 Å². The molecule has 92 valence electrons. The fourth-order valence-corrected chi connectivity index (χ4v) is 1.37. The Morgan fingerprint density at radius 3 is 2.69 bits per heavy atom. The van der Waals surface area contributed by atoms with E-state index in [0.717, 1.165) is 12.8 Å². The molecule has 5 heteroatoms. The zero-order chi connectivity index (χ0) is 12.0. The van der Waals surface area contributed by atoms with Gasteiger partial charge in [0.2, 0.25) is 11.8 Å². The molecule has 0 aliphatic heterocycles. The maximum absolute atomic E-state index is 11.3. The molecule has 1 unspecified atom stereocenters. The Morgan fingerprint density at radius 1 is 1.44 bits per heavy atom. The van der Waals surface area contributed by atoms with Crippen LogP contribution in [0.2, 0.25) is 0 Å². The molecule has 2 N–H and O–H groups in total. The van der Waals surface area contributed by atoms with Crippen molar-refractivity contribution in [2.75, 3.05) is 12.4 Å². The Balaban J connectivity index is 1.97. The summed E-state index contributed by atoms with van der Waals surface area (Å²) in [6, 6.07) is 0.415. The van der Waals surface area contributed by atoms with Crippen molar-refractivity contribution in [2.45, 2.75) is 38.6 Å². The van der Waals surface area contributed by atoms with Crippen LogP contribution in [-0.4, -0.2) is 30.3 Å². The van der Waals surface area contributed by atoms with Crippen molar-refractivity contribution in [3.63, 3.8) is 0 Å². The van der Waals surface area contributed by atoms with Crippen molar-refractivity contribution in [2.24, 2.45) is 5.92 Å². The second-order valence-corrected chi connectivity index (χ2v) is 4.60. The molecule has 0 aromatic rings. The SMILES string of the molecule is CC(CCl)C(=O)NCCCC(=O)NC1CC1. The van der Waals surface area contributed by atoms with E-state index in [1.807, 2.05) is 0 Å². The van der Waals surface area contributed by atoms with Gasteiger partial charge in [0.1, 0.15) is 0 Å². The van der Waals surface area contributed by atoms with Crippen molar-refractivity contribution in [3.8, 4) is 0 Å². The molecule has 16 heavy (non-hydrogen) atoms. The van der Waals surface area contributed by atoms with Crippen LogP contribution in [-0.2, 0) is 9.59 Å². The third kappa shape index (κ3) is 5.35. The summed E-state index contributed by atoms with van der Waals surface area (Å²) >= 11 is 5.55. The normalized spacial score (nSPS) is 16.6. The molecule has 0 saturated heterocycles. The van der Waals surface area contributed by atoms with E-state index in [4.69, 9.17) is 11.6 Å². The van der Waals surface area contributed by atoms with E-state index in [9.17, 15) is 9.59 Å². The molecule has 0 aromatic carbocycles. The third-order valence-electron chi connectivity index (χ3n) is 2.50. The van der Waals surface area contributed by atoms with Crippen LogP contribution in [0.15, 0.2) is 0 Å². The third-order valence-corrected chi connectivity index (χ3v) is 2.96. The fourth-order valence-electron chi connectivity index (χ4n) is 1.23. The van der Waals surface area contributed by atoms with E-state index >= 15 is 0 Å². The van der Waals surface area contributed by atoms with Crippen molar-refractivity contribution in [3.05, 3.63) is 0 Å². The number of rotatable bonds is 7. The van der Waals surface area contributed by atoms with Gasteiger partial charge in [-0.2, -0.15) is 0 Å². The van der Waals surface area contributed by atoms with Crippen LogP contribution in [0.25, 0.3) is 0 Å². The lowest BCUT2D eigenvalue weighted by Crippen LogP contribution is -2.32. The lowest BCUT2D eigenvalue weighted by Gasteiger charge is -2.08. The Morgan fingerprint density at radius 2 is 2.12 bits per heavy atom. The predicted octanol–water partition coefficient (Wildman–Crippen LogP) is 1.04. The van der Waals surface area contributed by atoms with Crippen molar-refractivity contribution in [1.29, 1.82) is 0 Å². The number of amides is 2. The number of hydrogen-bond acceptors (Lipinski definition) is 2. The van der Waals surface area contributed by atoms with Gasteiger partial charge in [0.05, 0.1) is 0 Å². The molecule has 1 aliphatic rings. The Kier molecular flexibility index (Phi) is 5.60. The summed E-state index contributed by atoms with van der Waals surface area (Å²) in [7, 11) is 0. The quantitative estimate of drug-likeness (QED) is 0.521. The topological polar surface area (TPSA) is 58.2 Å². The number of carbonyl (C=O) groups is 2. The van der Waals surface area contributed by atoms with Crippen LogP contribution < -0.4 is 10.6 Å². The molecule has 1 saturated carbocycles. The largest absolute Gasteiger partial charge is 0.356 e. The Labute approximate surface area is 101 Å². The maximum atomic E-state index is 11.3. The molecule has 2 amide bonds. The molecule has 0 heterocycles. The number of alkyl halides is 1. The monoisotopic (exact) mass is 246 g/mol. The van der Waals surface area contributed by atoms with Gasteiger partial charge in [-0.1, -0.05) is 6.92 Å². The van der Waals surface area contributed by atoms with Crippen molar-refractivity contribution >= 4 is 23.4 Å². The second kappa shape index (κ2) is 6.74. The summed E-state index contributed by atoms with van der Waals surface area (Å²) in [5, 5.41) is 5.66. The molecule has 0 bridgehead atoms. The fraction of sp³-hybridized carbons (Fsp3) is 0.818. The minimum atomic E-state index is -0.165. The van der Waals surface area contributed by atoms with E-state index in [-0.39, 0.29) is 17.7 Å². The lowest BCUT2D eigenvalue weighted by atomic mass is 10.2. The number of hydrogen-bond donors (Lipinski definition) is 2. The summed E-state index contributed by atoms with van der Waals surface area (Å²) in [5.74, 6) is 0.204. The van der Waals surface area contributed by atoms with Crippen LogP contribution in [0.1, 0.15) is 32.6 Å². The van der Waals surface area contributed by atoms with E-state index in [2.05, 4.69) is 10.6 Å². The molecule has 1 aliphatic carbocycles. The summed E-state index contributed by atoms with van der Waals surface area (Å²) in [6.07, 6.45) is 3.37. The van der Waals surface area contributed by atoms with Crippen molar-refractivity contribution in [1.82, 2.24) is 10.6 Å². The zero-order valence-electron chi connectivity index (χ0n) is 9.59. The first-order chi connectivity index (χ1) is 7.63. The molecule has 1 fully saturated rings. The standard InChI is InChI=1S/C11H19ClN2O2/c1-8(7-12)11(16)13-6-2-3-10(15)14-9-4-5-9/h8-9H,2-7H2,1H3,(H,13,16)(H,14,15). The highest BCUT2D eigenvalue weighted by Gasteiger charge is 2.22. The highest BCUT2D eigenvalue weighted by molar-refractivity contribution is 6.19. The minimum Gasteiger partial charge on any atom is -0.356 e. The summed E-state index contributed by atoms with van der Waals surface area (Å²) in [6.45, 7) is 2.32.